The summed E-state index contributed by atoms with van der Waals surface area (Å²) in [6.07, 6.45) is 1.28. The number of carboxylic acids is 1. The van der Waals surface area contributed by atoms with Crippen molar-refractivity contribution in [2.75, 3.05) is 0 Å². The monoisotopic (exact) mass is 346 g/mol. The van der Waals surface area contributed by atoms with Crippen LogP contribution in [0.1, 0.15) is 64.6 Å². The SMILES string of the molecule is CCC(CC(=O)NC(C)c1nc(C)c(C(=O)O)s1)c1ccccc1. The van der Waals surface area contributed by atoms with E-state index in [2.05, 4.69) is 17.2 Å². The Morgan fingerprint density at radius 2 is 1.96 bits per heavy atom. The van der Waals surface area contributed by atoms with Gasteiger partial charge in [0.2, 0.25) is 5.91 Å². The summed E-state index contributed by atoms with van der Waals surface area (Å²) >= 11 is 1.11. The summed E-state index contributed by atoms with van der Waals surface area (Å²) < 4.78 is 0. The van der Waals surface area contributed by atoms with Gasteiger partial charge in [-0.25, -0.2) is 9.78 Å². The number of amides is 1. The first-order chi connectivity index (χ1) is 11.4. The van der Waals surface area contributed by atoms with Crippen molar-refractivity contribution in [2.24, 2.45) is 0 Å². The number of aromatic carboxylic acids is 1. The zero-order valence-corrected chi connectivity index (χ0v) is 14.9. The molecule has 0 saturated carbocycles. The smallest absolute Gasteiger partial charge is 0.347 e. The van der Waals surface area contributed by atoms with Crippen LogP contribution in [-0.2, 0) is 4.79 Å². The first-order valence-corrected chi connectivity index (χ1v) is 8.79. The third kappa shape index (κ3) is 4.41. The average Bonchev–Trinajstić information content (AvgIpc) is 2.95. The molecule has 0 fully saturated rings. The van der Waals surface area contributed by atoms with E-state index in [0.717, 1.165) is 23.3 Å². The summed E-state index contributed by atoms with van der Waals surface area (Å²) in [7, 11) is 0. The average molecular weight is 346 g/mol. The number of aryl methyl sites for hydroxylation is 1. The standard InChI is InChI=1S/C18H22N2O3S/c1-4-13(14-8-6-5-7-9-14)10-15(21)19-12(3)17-20-11(2)16(24-17)18(22)23/h5-9,12-13H,4,10H2,1-3H3,(H,19,21)(H,22,23). The van der Waals surface area contributed by atoms with Gasteiger partial charge in [0.15, 0.2) is 0 Å². The molecule has 0 aliphatic rings. The molecular formula is C18H22N2O3S. The number of hydrogen-bond donors (Lipinski definition) is 2. The van der Waals surface area contributed by atoms with Crippen LogP contribution < -0.4 is 5.32 Å². The van der Waals surface area contributed by atoms with Gasteiger partial charge < -0.3 is 10.4 Å². The highest BCUT2D eigenvalue weighted by Gasteiger charge is 2.20. The topological polar surface area (TPSA) is 79.3 Å². The van der Waals surface area contributed by atoms with Crippen molar-refractivity contribution in [3.63, 3.8) is 0 Å². The zero-order chi connectivity index (χ0) is 17.7. The maximum atomic E-state index is 12.3. The summed E-state index contributed by atoms with van der Waals surface area (Å²) in [5.74, 6) is -0.862. The molecule has 0 spiro atoms. The lowest BCUT2D eigenvalue weighted by Gasteiger charge is -2.17. The molecule has 1 heterocycles. The second-order valence-electron chi connectivity index (χ2n) is 5.78. The van der Waals surface area contributed by atoms with E-state index in [1.807, 2.05) is 37.3 Å². The predicted octanol–water partition coefficient (Wildman–Crippen LogP) is 3.91. The van der Waals surface area contributed by atoms with E-state index < -0.39 is 5.97 Å². The molecule has 0 radical (unpaired) electrons. The van der Waals surface area contributed by atoms with Gasteiger partial charge in [0, 0.05) is 6.42 Å². The van der Waals surface area contributed by atoms with Crippen molar-refractivity contribution in [1.29, 1.82) is 0 Å². The number of thiazole rings is 1. The number of nitrogens with zero attached hydrogens (tertiary/aromatic N) is 1. The molecule has 2 N–H and O–H groups in total. The molecular weight excluding hydrogens is 324 g/mol. The summed E-state index contributed by atoms with van der Waals surface area (Å²) in [6, 6.07) is 9.68. The third-order valence-corrected chi connectivity index (χ3v) is 5.28. The maximum Gasteiger partial charge on any atom is 0.347 e. The molecule has 1 aromatic carbocycles. The van der Waals surface area contributed by atoms with E-state index in [-0.39, 0.29) is 22.7 Å². The summed E-state index contributed by atoms with van der Waals surface area (Å²) in [5.41, 5.74) is 1.64. The highest BCUT2D eigenvalue weighted by atomic mass is 32.1. The van der Waals surface area contributed by atoms with Crippen LogP contribution >= 0.6 is 11.3 Å². The number of carbonyl (C=O) groups is 2. The van der Waals surface area contributed by atoms with Crippen LogP contribution in [0.15, 0.2) is 30.3 Å². The quantitative estimate of drug-likeness (QED) is 0.796. The lowest BCUT2D eigenvalue weighted by atomic mass is 9.93. The van der Waals surface area contributed by atoms with Crippen LogP contribution in [0.25, 0.3) is 0 Å². The molecule has 2 unspecified atom stereocenters. The molecule has 128 valence electrons. The molecule has 1 amide bonds. The predicted molar refractivity (Wildman–Crippen MR) is 94.5 cm³/mol. The molecule has 0 saturated heterocycles. The molecule has 2 aromatic rings. The second kappa shape index (κ2) is 8.06. The van der Waals surface area contributed by atoms with E-state index in [9.17, 15) is 9.59 Å². The largest absolute Gasteiger partial charge is 0.477 e. The fraction of sp³-hybridized carbons (Fsp3) is 0.389. The maximum absolute atomic E-state index is 12.3. The van der Waals surface area contributed by atoms with Crippen LogP contribution in [0.4, 0.5) is 0 Å². The van der Waals surface area contributed by atoms with Gasteiger partial charge in [-0.2, -0.15) is 0 Å². The number of hydrogen-bond acceptors (Lipinski definition) is 4. The Morgan fingerprint density at radius 3 is 2.50 bits per heavy atom. The number of rotatable bonds is 7. The van der Waals surface area contributed by atoms with Crippen molar-refractivity contribution in [2.45, 2.75) is 45.6 Å². The van der Waals surface area contributed by atoms with E-state index >= 15 is 0 Å². The minimum absolute atomic E-state index is 0.0528. The van der Waals surface area contributed by atoms with Crippen molar-refractivity contribution in [3.05, 3.63) is 51.5 Å². The highest BCUT2D eigenvalue weighted by Crippen LogP contribution is 2.26. The molecule has 2 atom stereocenters. The van der Waals surface area contributed by atoms with Crippen LogP contribution in [0, 0.1) is 6.92 Å². The third-order valence-electron chi connectivity index (χ3n) is 3.95. The van der Waals surface area contributed by atoms with Gasteiger partial charge in [0.25, 0.3) is 0 Å². The van der Waals surface area contributed by atoms with Gasteiger partial charge in [-0.05, 0) is 31.7 Å². The number of benzene rings is 1. The fourth-order valence-corrected chi connectivity index (χ4v) is 3.52. The van der Waals surface area contributed by atoms with Crippen molar-refractivity contribution >= 4 is 23.2 Å². The number of nitrogens with one attached hydrogen (secondary N) is 1. The van der Waals surface area contributed by atoms with Crippen LogP contribution in [0.2, 0.25) is 0 Å². The van der Waals surface area contributed by atoms with Gasteiger partial charge >= 0.3 is 5.97 Å². The Bertz CT molecular complexity index is 712. The lowest BCUT2D eigenvalue weighted by Crippen LogP contribution is -2.27. The second-order valence-corrected chi connectivity index (χ2v) is 6.81. The van der Waals surface area contributed by atoms with E-state index in [1.54, 1.807) is 6.92 Å². The van der Waals surface area contributed by atoms with E-state index in [1.165, 1.54) is 0 Å². The lowest BCUT2D eigenvalue weighted by molar-refractivity contribution is -0.122. The Balaban J connectivity index is 2.01. The first-order valence-electron chi connectivity index (χ1n) is 7.97. The number of carboxylic acid groups (broad SMARTS) is 1. The molecule has 6 heteroatoms. The van der Waals surface area contributed by atoms with Gasteiger partial charge in [-0.1, -0.05) is 37.3 Å². The Kier molecular flexibility index (Phi) is 6.09. The molecule has 24 heavy (non-hydrogen) atoms. The molecule has 2 rings (SSSR count). The van der Waals surface area contributed by atoms with Crippen LogP contribution in [0.5, 0.6) is 0 Å². The number of aromatic nitrogens is 1. The van der Waals surface area contributed by atoms with Gasteiger partial charge in [-0.3, -0.25) is 4.79 Å². The summed E-state index contributed by atoms with van der Waals surface area (Å²) in [6.45, 7) is 5.56. The number of carbonyl (C=O) groups excluding carboxylic acids is 1. The minimum atomic E-state index is -0.982. The summed E-state index contributed by atoms with van der Waals surface area (Å²) in [5, 5.41) is 12.6. The van der Waals surface area contributed by atoms with Crippen LogP contribution in [-0.4, -0.2) is 22.0 Å². The zero-order valence-electron chi connectivity index (χ0n) is 14.1. The molecule has 5 nitrogen and oxygen atoms in total. The van der Waals surface area contributed by atoms with Crippen LogP contribution in [0.3, 0.4) is 0 Å². The van der Waals surface area contributed by atoms with Gasteiger partial charge in [-0.15, -0.1) is 11.3 Å². The van der Waals surface area contributed by atoms with Crippen molar-refractivity contribution in [1.82, 2.24) is 10.3 Å². The molecule has 0 aliphatic carbocycles. The Morgan fingerprint density at radius 1 is 1.29 bits per heavy atom. The minimum Gasteiger partial charge on any atom is -0.477 e. The van der Waals surface area contributed by atoms with Crippen molar-refractivity contribution in [3.8, 4) is 0 Å². The van der Waals surface area contributed by atoms with Crippen molar-refractivity contribution < 1.29 is 14.7 Å². The Labute approximate surface area is 145 Å². The molecule has 0 bridgehead atoms. The van der Waals surface area contributed by atoms with E-state index in [0.29, 0.717) is 17.1 Å². The fourth-order valence-electron chi connectivity index (χ4n) is 2.61. The normalized spacial score (nSPS) is 13.3. The summed E-state index contributed by atoms with van der Waals surface area (Å²) in [4.78, 5) is 27.9. The highest BCUT2D eigenvalue weighted by molar-refractivity contribution is 7.13. The van der Waals surface area contributed by atoms with Gasteiger partial charge in [0.1, 0.15) is 9.88 Å². The molecule has 1 aromatic heterocycles. The van der Waals surface area contributed by atoms with E-state index in [4.69, 9.17) is 5.11 Å². The Hall–Kier alpha value is -2.21. The molecule has 0 aliphatic heterocycles. The first kappa shape index (κ1) is 18.1. The van der Waals surface area contributed by atoms with Gasteiger partial charge in [0.05, 0.1) is 11.7 Å².